The molecular formula is C11H17ClN2. The minimum absolute atomic E-state index is 0.353. The maximum atomic E-state index is 5.93. The van der Waals surface area contributed by atoms with Crippen LogP contribution in [-0.2, 0) is 6.54 Å². The van der Waals surface area contributed by atoms with Crippen LogP contribution < -0.4 is 11.1 Å². The predicted octanol–water partition coefficient (Wildman–Crippen LogP) is 2.09. The first kappa shape index (κ1) is 11.5. The van der Waals surface area contributed by atoms with Gasteiger partial charge >= 0.3 is 0 Å². The van der Waals surface area contributed by atoms with Crippen molar-refractivity contribution >= 4 is 11.6 Å². The molecular weight excluding hydrogens is 196 g/mol. The van der Waals surface area contributed by atoms with Gasteiger partial charge in [-0.1, -0.05) is 23.7 Å². The molecule has 2 nitrogen and oxygen atoms in total. The topological polar surface area (TPSA) is 38.0 Å². The van der Waals surface area contributed by atoms with Crippen LogP contribution in [0.25, 0.3) is 0 Å². The number of hydrogen-bond acceptors (Lipinski definition) is 2. The molecule has 78 valence electrons. The summed E-state index contributed by atoms with van der Waals surface area (Å²) in [5, 5.41) is 4.15. The quantitative estimate of drug-likeness (QED) is 0.802. The first-order chi connectivity index (χ1) is 6.63. The molecule has 3 heteroatoms. The highest BCUT2D eigenvalue weighted by Gasteiger charge is 2.00. The van der Waals surface area contributed by atoms with Crippen molar-refractivity contribution in [3.63, 3.8) is 0 Å². The van der Waals surface area contributed by atoms with Crippen LogP contribution in [0.3, 0.4) is 0 Å². The molecule has 0 aliphatic rings. The van der Waals surface area contributed by atoms with E-state index < -0.39 is 0 Å². The third-order valence-electron chi connectivity index (χ3n) is 2.23. The zero-order valence-corrected chi connectivity index (χ0v) is 9.43. The molecule has 0 saturated carbocycles. The van der Waals surface area contributed by atoms with Crippen LogP contribution in [0.4, 0.5) is 0 Å². The Morgan fingerprint density at radius 1 is 1.50 bits per heavy atom. The Balaban J connectivity index is 2.55. The summed E-state index contributed by atoms with van der Waals surface area (Å²) in [5.41, 5.74) is 7.87. The van der Waals surface area contributed by atoms with Gasteiger partial charge < -0.3 is 11.1 Å². The van der Waals surface area contributed by atoms with Gasteiger partial charge in [-0.05, 0) is 31.0 Å². The Labute approximate surface area is 90.4 Å². The monoisotopic (exact) mass is 212 g/mol. The van der Waals surface area contributed by atoms with E-state index in [9.17, 15) is 0 Å². The van der Waals surface area contributed by atoms with Gasteiger partial charge in [-0.3, -0.25) is 0 Å². The highest BCUT2D eigenvalue weighted by molar-refractivity contribution is 6.31. The maximum absolute atomic E-state index is 5.93. The van der Waals surface area contributed by atoms with Crippen molar-refractivity contribution in [3.8, 4) is 0 Å². The van der Waals surface area contributed by atoms with Crippen LogP contribution in [0.15, 0.2) is 18.2 Å². The number of benzene rings is 1. The SMILES string of the molecule is Cc1cc(CN[C@@H](C)CN)ccc1Cl. The predicted molar refractivity (Wildman–Crippen MR) is 61.5 cm³/mol. The average Bonchev–Trinajstić information content (AvgIpc) is 2.19. The van der Waals surface area contributed by atoms with E-state index >= 15 is 0 Å². The standard InChI is InChI=1S/C11H17ClN2/c1-8-5-10(3-4-11(8)12)7-14-9(2)6-13/h3-5,9,14H,6-7,13H2,1-2H3/t9-/m0/s1. The molecule has 0 spiro atoms. The number of nitrogens with two attached hydrogens (primary N) is 1. The zero-order chi connectivity index (χ0) is 10.6. The number of aryl methyl sites for hydroxylation is 1. The van der Waals surface area contributed by atoms with Crippen LogP contribution in [0.1, 0.15) is 18.1 Å². The van der Waals surface area contributed by atoms with Crippen LogP contribution in [0.2, 0.25) is 5.02 Å². The second-order valence-corrected chi connectivity index (χ2v) is 4.01. The summed E-state index contributed by atoms with van der Waals surface area (Å²) in [6.45, 7) is 5.59. The van der Waals surface area contributed by atoms with Crippen molar-refractivity contribution < 1.29 is 0 Å². The Morgan fingerprint density at radius 3 is 2.79 bits per heavy atom. The van der Waals surface area contributed by atoms with E-state index in [1.54, 1.807) is 0 Å². The summed E-state index contributed by atoms with van der Waals surface area (Å²) >= 11 is 5.93. The molecule has 0 fully saturated rings. The molecule has 1 rings (SSSR count). The minimum Gasteiger partial charge on any atom is -0.329 e. The van der Waals surface area contributed by atoms with Crippen LogP contribution in [0.5, 0.6) is 0 Å². The van der Waals surface area contributed by atoms with E-state index in [1.807, 2.05) is 19.1 Å². The normalized spacial score (nSPS) is 12.9. The van der Waals surface area contributed by atoms with Crippen LogP contribution in [-0.4, -0.2) is 12.6 Å². The molecule has 3 N–H and O–H groups in total. The van der Waals surface area contributed by atoms with Crippen molar-refractivity contribution in [3.05, 3.63) is 34.3 Å². The molecule has 14 heavy (non-hydrogen) atoms. The molecule has 0 aliphatic heterocycles. The van der Waals surface area contributed by atoms with Crippen LogP contribution in [0, 0.1) is 6.92 Å². The Kier molecular flexibility index (Phi) is 4.39. The van der Waals surface area contributed by atoms with Gasteiger partial charge in [0.25, 0.3) is 0 Å². The fourth-order valence-electron chi connectivity index (χ4n) is 1.19. The van der Waals surface area contributed by atoms with Gasteiger partial charge in [0.2, 0.25) is 0 Å². The second-order valence-electron chi connectivity index (χ2n) is 3.60. The largest absolute Gasteiger partial charge is 0.329 e. The molecule has 0 radical (unpaired) electrons. The summed E-state index contributed by atoms with van der Waals surface area (Å²) in [6.07, 6.45) is 0. The molecule has 0 bridgehead atoms. The van der Waals surface area contributed by atoms with E-state index in [0.29, 0.717) is 12.6 Å². The summed E-state index contributed by atoms with van der Waals surface area (Å²) < 4.78 is 0. The highest BCUT2D eigenvalue weighted by Crippen LogP contribution is 2.16. The summed E-state index contributed by atoms with van der Waals surface area (Å²) in [6, 6.07) is 6.41. The average molecular weight is 213 g/mol. The third-order valence-corrected chi connectivity index (χ3v) is 2.65. The minimum atomic E-state index is 0.353. The first-order valence-electron chi connectivity index (χ1n) is 4.82. The molecule has 1 atom stereocenters. The second kappa shape index (κ2) is 5.35. The lowest BCUT2D eigenvalue weighted by atomic mass is 10.1. The molecule has 1 aromatic carbocycles. The first-order valence-corrected chi connectivity index (χ1v) is 5.19. The third kappa shape index (κ3) is 3.29. The molecule has 0 amide bonds. The zero-order valence-electron chi connectivity index (χ0n) is 8.68. The van der Waals surface area contributed by atoms with Crippen LogP contribution >= 0.6 is 11.6 Å². The van der Waals surface area contributed by atoms with Gasteiger partial charge in [0, 0.05) is 24.2 Å². The highest BCUT2D eigenvalue weighted by atomic mass is 35.5. The molecule has 0 saturated heterocycles. The van der Waals surface area contributed by atoms with Crippen molar-refractivity contribution in [2.45, 2.75) is 26.4 Å². The smallest absolute Gasteiger partial charge is 0.0435 e. The van der Waals surface area contributed by atoms with Crippen molar-refractivity contribution in [1.82, 2.24) is 5.32 Å². The van der Waals surface area contributed by atoms with Gasteiger partial charge in [0.05, 0.1) is 0 Å². The number of rotatable bonds is 4. The summed E-state index contributed by atoms with van der Waals surface area (Å²) in [4.78, 5) is 0. The van der Waals surface area contributed by atoms with Gasteiger partial charge in [0.1, 0.15) is 0 Å². The van der Waals surface area contributed by atoms with Gasteiger partial charge in [-0.25, -0.2) is 0 Å². The van der Waals surface area contributed by atoms with E-state index in [0.717, 1.165) is 17.1 Å². The maximum Gasteiger partial charge on any atom is 0.0435 e. The van der Waals surface area contributed by atoms with Gasteiger partial charge in [-0.15, -0.1) is 0 Å². The lowest BCUT2D eigenvalue weighted by Gasteiger charge is -2.11. The van der Waals surface area contributed by atoms with Crippen molar-refractivity contribution in [1.29, 1.82) is 0 Å². The van der Waals surface area contributed by atoms with Gasteiger partial charge in [0.15, 0.2) is 0 Å². The van der Waals surface area contributed by atoms with E-state index in [-0.39, 0.29) is 0 Å². The van der Waals surface area contributed by atoms with Crippen molar-refractivity contribution in [2.75, 3.05) is 6.54 Å². The molecule has 0 unspecified atom stereocenters. The van der Waals surface area contributed by atoms with E-state index in [4.69, 9.17) is 17.3 Å². The Morgan fingerprint density at radius 2 is 2.21 bits per heavy atom. The molecule has 0 aromatic heterocycles. The van der Waals surface area contributed by atoms with E-state index in [2.05, 4.69) is 18.3 Å². The molecule has 0 heterocycles. The fourth-order valence-corrected chi connectivity index (χ4v) is 1.31. The molecule has 0 aliphatic carbocycles. The number of halogens is 1. The van der Waals surface area contributed by atoms with Gasteiger partial charge in [-0.2, -0.15) is 0 Å². The summed E-state index contributed by atoms with van der Waals surface area (Å²) in [7, 11) is 0. The Hall–Kier alpha value is -0.570. The lowest BCUT2D eigenvalue weighted by Crippen LogP contribution is -2.32. The Bertz CT molecular complexity index is 299. The number of hydrogen-bond donors (Lipinski definition) is 2. The summed E-state index contributed by atoms with van der Waals surface area (Å²) in [5.74, 6) is 0. The van der Waals surface area contributed by atoms with E-state index in [1.165, 1.54) is 5.56 Å². The van der Waals surface area contributed by atoms with Crippen molar-refractivity contribution in [2.24, 2.45) is 5.73 Å². The lowest BCUT2D eigenvalue weighted by molar-refractivity contribution is 0.556. The molecule has 1 aromatic rings. The number of nitrogens with one attached hydrogen (secondary N) is 1. The fraction of sp³-hybridized carbons (Fsp3) is 0.455.